The molecule has 1 aromatic carbocycles. The van der Waals surface area contributed by atoms with Gasteiger partial charge in [0, 0.05) is 12.1 Å². The molecule has 0 aliphatic carbocycles. The fourth-order valence-electron chi connectivity index (χ4n) is 2.76. The zero-order valence-electron chi connectivity index (χ0n) is 13.4. The lowest BCUT2D eigenvalue weighted by Crippen LogP contribution is -2.11. The molecule has 0 fully saturated rings. The number of fused-ring (bicyclic) bond motifs is 1. The standard InChI is InChI=1S/C18H19N3O2/c1-11(2)16-20-15-8-12(3)9-19-17(15)21(16)10-13-6-4-5-7-14(13)18(22)23/h4-9,11H,10H2,1-3H3,(H,22,23). The first-order chi connectivity index (χ1) is 11.0. The average molecular weight is 309 g/mol. The molecule has 0 atom stereocenters. The predicted octanol–water partition coefficient (Wildman–Crippen LogP) is 3.61. The number of hydrogen-bond acceptors (Lipinski definition) is 3. The summed E-state index contributed by atoms with van der Waals surface area (Å²) in [6, 6.07) is 9.07. The predicted molar refractivity (Wildman–Crippen MR) is 88.9 cm³/mol. The highest BCUT2D eigenvalue weighted by atomic mass is 16.4. The Bertz CT molecular complexity index is 881. The SMILES string of the molecule is Cc1cnc2c(c1)nc(C(C)C)n2Cc1ccccc1C(=O)O. The molecule has 0 aliphatic rings. The third-order valence-electron chi connectivity index (χ3n) is 3.84. The first-order valence-electron chi connectivity index (χ1n) is 7.61. The molecule has 23 heavy (non-hydrogen) atoms. The Morgan fingerprint density at radius 1 is 1.30 bits per heavy atom. The van der Waals surface area contributed by atoms with Gasteiger partial charge in [0.15, 0.2) is 5.65 Å². The van der Waals surface area contributed by atoms with E-state index in [1.54, 1.807) is 12.1 Å². The maximum Gasteiger partial charge on any atom is 0.336 e. The minimum atomic E-state index is -0.917. The molecule has 3 aromatic rings. The van der Waals surface area contributed by atoms with Crippen LogP contribution in [-0.4, -0.2) is 25.6 Å². The van der Waals surface area contributed by atoms with Gasteiger partial charge in [0.2, 0.25) is 0 Å². The number of hydrogen-bond donors (Lipinski definition) is 1. The van der Waals surface area contributed by atoms with Gasteiger partial charge in [0.1, 0.15) is 11.3 Å². The van der Waals surface area contributed by atoms with Crippen LogP contribution in [0.1, 0.15) is 47.1 Å². The summed E-state index contributed by atoms with van der Waals surface area (Å²) < 4.78 is 2.02. The molecule has 0 bridgehead atoms. The number of aromatic carboxylic acids is 1. The molecule has 0 aliphatic heterocycles. The van der Waals surface area contributed by atoms with E-state index in [4.69, 9.17) is 4.98 Å². The molecule has 3 rings (SSSR count). The number of aromatic nitrogens is 3. The van der Waals surface area contributed by atoms with Gasteiger partial charge in [-0.05, 0) is 30.2 Å². The molecule has 2 heterocycles. The number of rotatable bonds is 4. The summed E-state index contributed by atoms with van der Waals surface area (Å²) in [5.41, 5.74) is 3.77. The van der Waals surface area contributed by atoms with Crippen LogP contribution in [0, 0.1) is 6.92 Å². The molecule has 0 radical (unpaired) electrons. The summed E-state index contributed by atoms with van der Waals surface area (Å²) in [6.45, 7) is 6.59. The minimum Gasteiger partial charge on any atom is -0.478 e. The number of imidazole rings is 1. The van der Waals surface area contributed by atoms with Gasteiger partial charge in [-0.1, -0.05) is 32.0 Å². The number of nitrogens with zero attached hydrogens (tertiary/aromatic N) is 3. The zero-order valence-corrected chi connectivity index (χ0v) is 13.4. The number of benzene rings is 1. The van der Waals surface area contributed by atoms with E-state index in [1.807, 2.05) is 35.9 Å². The van der Waals surface area contributed by atoms with Crippen LogP contribution in [-0.2, 0) is 6.54 Å². The van der Waals surface area contributed by atoms with E-state index >= 15 is 0 Å². The Kier molecular flexibility index (Phi) is 3.86. The second-order valence-electron chi connectivity index (χ2n) is 6.03. The van der Waals surface area contributed by atoms with Crippen molar-refractivity contribution in [1.29, 1.82) is 0 Å². The van der Waals surface area contributed by atoms with E-state index in [1.165, 1.54) is 0 Å². The van der Waals surface area contributed by atoms with Crippen molar-refractivity contribution in [3.8, 4) is 0 Å². The van der Waals surface area contributed by atoms with Crippen molar-refractivity contribution in [2.45, 2.75) is 33.2 Å². The van der Waals surface area contributed by atoms with Crippen molar-refractivity contribution in [3.05, 3.63) is 59.0 Å². The van der Waals surface area contributed by atoms with Gasteiger partial charge >= 0.3 is 5.97 Å². The molecule has 5 heteroatoms. The lowest BCUT2D eigenvalue weighted by atomic mass is 10.1. The number of pyridine rings is 1. The van der Waals surface area contributed by atoms with E-state index in [2.05, 4.69) is 18.8 Å². The van der Waals surface area contributed by atoms with Crippen molar-refractivity contribution in [2.24, 2.45) is 0 Å². The smallest absolute Gasteiger partial charge is 0.336 e. The second-order valence-corrected chi connectivity index (χ2v) is 6.03. The molecule has 1 N–H and O–H groups in total. The van der Waals surface area contributed by atoms with Crippen LogP contribution in [0.25, 0.3) is 11.2 Å². The first-order valence-corrected chi connectivity index (χ1v) is 7.61. The molecule has 0 saturated heterocycles. The number of carbonyl (C=O) groups is 1. The molecule has 118 valence electrons. The molecule has 0 amide bonds. The van der Waals surface area contributed by atoms with E-state index < -0.39 is 5.97 Å². The molecule has 2 aromatic heterocycles. The van der Waals surface area contributed by atoms with Crippen LogP contribution in [0.15, 0.2) is 36.5 Å². The third kappa shape index (κ3) is 2.82. The van der Waals surface area contributed by atoms with Crippen molar-refractivity contribution in [3.63, 3.8) is 0 Å². The van der Waals surface area contributed by atoms with Crippen LogP contribution in [0.5, 0.6) is 0 Å². The summed E-state index contributed by atoms with van der Waals surface area (Å²) in [7, 11) is 0. The Hall–Kier alpha value is -2.69. The molecular formula is C18H19N3O2. The van der Waals surface area contributed by atoms with Crippen LogP contribution in [0.4, 0.5) is 0 Å². The maximum atomic E-state index is 11.4. The van der Waals surface area contributed by atoms with Crippen LogP contribution in [0.2, 0.25) is 0 Å². The number of aryl methyl sites for hydroxylation is 1. The van der Waals surface area contributed by atoms with Gasteiger partial charge in [0.05, 0.1) is 12.1 Å². The molecule has 0 spiro atoms. The highest BCUT2D eigenvalue weighted by molar-refractivity contribution is 5.89. The highest BCUT2D eigenvalue weighted by Gasteiger charge is 2.17. The summed E-state index contributed by atoms with van der Waals surface area (Å²) in [4.78, 5) is 20.6. The molecule has 0 unspecified atom stereocenters. The largest absolute Gasteiger partial charge is 0.478 e. The third-order valence-corrected chi connectivity index (χ3v) is 3.84. The van der Waals surface area contributed by atoms with E-state index in [9.17, 15) is 9.90 Å². The van der Waals surface area contributed by atoms with Crippen molar-refractivity contribution in [2.75, 3.05) is 0 Å². The second kappa shape index (κ2) is 5.83. The molecule has 0 saturated carbocycles. The average Bonchev–Trinajstić information content (AvgIpc) is 2.85. The molecular weight excluding hydrogens is 290 g/mol. The number of carboxylic acid groups (broad SMARTS) is 1. The fraction of sp³-hybridized carbons (Fsp3) is 0.278. The summed E-state index contributed by atoms with van der Waals surface area (Å²) in [5.74, 6) is 0.222. The maximum absolute atomic E-state index is 11.4. The van der Waals surface area contributed by atoms with Crippen molar-refractivity contribution < 1.29 is 9.90 Å². The van der Waals surface area contributed by atoms with Crippen LogP contribution >= 0.6 is 0 Å². The molecule has 5 nitrogen and oxygen atoms in total. The Balaban J connectivity index is 2.16. The Morgan fingerprint density at radius 2 is 2.04 bits per heavy atom. The van der Waals surface area contributed by atoms with Gasteiger partial charge in [-0.3, -0.25) is 0 Å². The fourth-order valence-corrected chi connectivity index (χ4v) is 2.76. The van der Waals surface area contributed by atoms with Gasteiger partial charge in [0.25, 0.3) is 0 Å². The van der Waals surface area contributed by atoms with E-state index in [0.717, 1.165) is 28.1 Å². The van der Waals surface area contributed by atoms with Crippen molar-refractivity contribution >= 4 is 17.1 Å². The van der Waals surface area contributed by atoms with Gasteiger partial charge in [-0.25, -0.2) is 14.8 Å². The Labute approximate surface area is 134 Å². The van der Waals surface area contributed by atoms with Crippen LogP contribution < -0.4 is 0 Å². The summed E-state index contributed by atoms with van der Waals surface area (Å²) >= 11 is 0. The summed E-state index contributed by atoms with van der Waals surface area (Å²) in [6.07, 6.45) is 1.81. The minimum absolute atomic E-state index is 0.224. The van der Waals surface area contributed by atoms with E-state index in [0.29, 0.717) is 12.1 Å². The van der Waals surface area contributed by atoms with Gasteiger partial charge in [-0.15, -0.1) is 0 Å². The normalized spacial score (nSPS) is 11.3. The van der Waals surface area contributed by atoms with E-state index in [-0.39, 0.29) is 5.92 Å². The highest BCUT2D eigenvalue weighted by Crippen LogP contribution is 2.23. The van der Waals surface area contributed by atoms with Crippen LogP contribution in [0.3, 0.4) is 0 Å². The topological polar surface area (TPSA) is 68.0 Å². The van der Waals surface area contributed by atoms with Crippen molar-refractivity contribution in [1.82, 2.24) is 14.5 Å². The zero-order chi connectivity index (χ0) is 16.6. The first kappa shape index (κ1) is 15.2. The van der Waals surface area contributed by atoms with Gasteiger partial charge < -0.3 is 9.67 Å². The van der Waals surface area contributed by atoms with Gasteiger partial charge in [-0.2, -0.15) is 0 Å². The number of carboxylic acids is 1. The Morgan fingerprint density at radius 3 is 2.74 bits per heavy atom. The lowest BCUT2D eigenvalue weighted by molar-refractivity contribution is 0.0695. The quantitative estimate of drug-likeness (QED) is 0.799. The monoisotopic (exact) mass is 309 g/mol. The summed E-state index contributed by atoms with van der Waals surface area (Å²) in [5, 5.41) is 9.38. The lowest BCUT2D eigenvalue weighted by Gasteiger charge is -2.12.